The van der Waals surface area contributed by atoms with Crippen molar-refractivity contribution in [3.8, 4) is 0 Å². The number of nitrogens with zero attached hydrogens (tertiary/aromatic N) is 1. The summed E-state index contributed by atoms with van der Waals surface area (Å²) < 4.78 is 75.5. The standard InChI is InChI=1S/C5H12N2O.C2H6OS.F6P/c1-6-5(8-4)7(2)3;1-4(2)3;1-7(2,3,4,5)6/h1-4H3;1-2H3;/q;;-1/p+1. The Kier molecular flexibility index (Phi) is 9.21. The Morgan fingerprint density at radius 1 is 1.11 bits per heavy atom. The number of methoxy groups -OCH3 is 1. The van der Waals surface area contributed by atoms with E-state index in [2.05, 4.69) is 5.32 Å². The molecule has 0 amide bonds. The Bertz CT molecular complexity index is 267. The van der Waals surface area contributed by atoms with Crippen LogP contribution < -0.4 is 5.32 Å². The number of halogens is 6. The van der Waals surface area contributed by atoms with Crippen LogP contribution in [0.15, 0.2) is 0 Å². The Balaban J connectivity index is -0.000000214. The third-order valence-electron chi connectivity index (χ3n) is 0.813. The van der Waals surface area contributed by atoms with Gasteiger partial charge in [-0.15, -0.1) is 0 Å². The van der Waals surface area contributed by atoms with E-state index in [1.54, 1.807) is 19.6 Å². The molecule has 122 valence electrons. The monoisotopic (exact) mass is 340 g/mol. The van der Waals surface area contributed by atoms with Gasteiger partial charge in [0.1, 0.15) is 0 Å². The zero-order valence-electron chi connectivity index (χ0n) is 11.4. The molecule has 0 aliphatic carbocycles. The maximum absolute atomic E-state index is 10.7. The molecule has 0 rings (SSSR count). The average molecular weight is 340 g/mol. The van der Waals surface area contributed by atoms with Crippen LogP contribution in [0.25, 0.3) is 0 Å². The van der Waals surface area contributed by atoms with Gasteiger partial charge in [-0.1, -0.05) is 11.2 Å². The van der Waals surface area contributed by atoms with Gasteiger partial charge < -0.3 is 9.29 Å². The maximum atomic E-state index is 9.87. The molecule has 0 unspecified atom stereocenters. The van der Waals surface area contributed by atoms with E-state index in [-0.39, 0.29) is 0 Å². The zero-order chi connectivity index (χ0) is 16.6. The van der Waals surface area contributed by atoms with Crippen molar-refractivity contribution in [3.63, 3.8) is 0 Å². The summed E-state index contributed by atoms with van der Waals surface area (Å²) in [5.74, 6) is 0. The SMILES string of the molecule is CNC(OC)=[N+](C)C.C[S+](C)[O-].F[P-](F)(F)(F)(F)F. The van der Waals surface area contributed by atoms with Crippen molar-refractivity contribution in [2.75, 3.05) is 40.8 Å². The molecule has 0 aromatic rings. The van der Waals surface area contributed by atoms with Crippen molar-refractivity contribution in [3.05, 3.63) is 0 Å². The fraction of sp³-hybridized carbons (Fsp3) is 0.857. The van der Waals surface area contributed by atoms with E-state index >= 15 is 0 Å². The molecule has 0 aliphatic rings. The van der Waals surface area contributed by atoms with Gasteiger partial charge in [0.15, 0.2) is 0 Å². The third-order valence-corrected chi connectivity index (χ3v) is 0.813. The minimum atomic E-state index is -10.7. The van der Waals surface area contributed by atoms with Gasteiger partial charge in [-0.2, -0.15) is 0 Å². The van der Waals surface area contributed by atoms with Crippen LogP contribution in [-0.4, -0.2) is 55.9 Å². The molecule has 0 aromatic heterocycles. The summed E-state index contributed by atoms with van der Waals surface area (Å²) in [7, 11) is -3.38. The molecular weight excluding hydrogens is 321 g/mol. The van der Waals surface area contributed by atoms with E-state index in [0.29, 0.717) is 0 Å². The van der Waals surface area contributed by atoms with Crippen molar-refractivity contribution >= 4 is 25.0 Å². The number of rotatable bonds is 0. The quantitative estimate of drug-likeness (QED) is 0.184. The normalized spacial score (nSPS) is 13.8. The van der Waals surface area contributed by atoms with Gasteiger partial charge >= 0.3 is 39.0 Å². The van der Waals surface area contributed by atoms with Crippen LogP contribution in [-0.2, 0) is 15.9 Å². The van der Waals surface area contributed by atoms with Crippen molar-refractivity contribution in [2.24, 2.45) is 0 Å². The second-order valence-corrected chi connectivity index (χ2v) is 6.75. The van der Waals surface area contributed by atoms with Gasteiger partial charge in [0.05, 0.1) is 40.8 Å². The van der Waals surface area contributed by atoms with E-state index in [1.165, 1.54) is 0 Å². The summed E-state index contributed by atoms with van der Waals surface area (Å²) in [6, 6.07) is 0.769. The van der Waals surface area contributed by atoms with Crippen LogP contribution in [0.1, 0.15) is 0 Å². The molecule has 19 heavy (non-hydrogen) atoms. The van der Waals surface area contributed by atoms with E-state index in [0.717, 1.165) is 6.02 Å². The van der Waals surface area contributed by atoms with Gasteiger partial charge in [0.25, 0.3) is 0 Å². The molecule has 1 N–H and O–H groups in total. The summed E-state index contributed by atoms with van der Waals surface area (Å²) >= 11 is -0.611. The van der Waals surface area contributed by atoms with E-state index in [9.17, 15) is 29.7 Å². The van der Waals surface area contributed by atoms with Crippen molar-refractivity contribution < 1.29 is 39.0 Å². The average Bonchev–Trinajstić information content (AvgIpc) is 1.97. The molecule has 0 aromatic carbocycles. The van der Waals surface area contributed by atoms with Gasteiger partial charge in [-0.3, -0.25) is 0 Å². The Morgan fingerprint density at radius 3 is 1.32 bits per heavy atom. The summed E-state index contributed by atoms with van der Waals surface area (Å²) in [5.41, 5.74) is 0. The van der Waals surface area contributed by atoms with Crippen molar-refractivity contribution in [1.29, 1.82) is 0 Å². The van der Waals surface area contributed by atoms with E-state index in [4.69, 9.17) is 4.74 Å². The minimum absolute atomic E-state index is 0.611. The number of amidine groups is 1. The van der Waals surface area contributed by atoms with Crippen LogP contribution in [0.5, 0.6) is 0 Å². The topological polar surface area (TPSA) is 47.3 Å². The number of nitrogens with one attached hydrogen (secondary N) is 1. The van der Waals surface area contributed by atoms with Crippen molar-refractivity contribution in [2.45, 2.75) is 0 Å². The van der Waals surface area contributed by atoms with Crippen LogP contribution >= 0.6 is 7.81 Å². The molecule has 0 bridgehead atoms. The Hall–Kier alpha value is -0.410. The number of hydrogen-bond acceptors (Lipinski definition) is 2. The third kappa shape index (κ3) is 74.2. The van der Waals surface area contributed by atoms with Gasteiger partial charge in [0.2, 0.25) is 0 Å². The second kappa shape index (κ2) is 7.39. The molecule has 0 atom stereocenters. The first kappa shape index (κ1) is 23.7. The first-order valence-corrected chi connectivity index (χ1v) is 8.47. The summed E-state index contributed by atoms with van der Waals surface area (Å²) in [4.78, 5) is 0. The summed E-state index contributed by atoms with van der Waals surface area (Å²) in [6.07, 6.45) is 3.28. The summed E-state index contributed by atoms with van der Waals surface area (Å²) in [6.45, 7) is 0. The van der Waals surface area contributed by atoms with Crippen LogP contribution in [0.2, 0.25) is 0 Å². The predicted molar refractivity (Wildman–Crippen MR) is 66.7 cm³/mol. The molecule has 0 heterocycles. The van der Waals surface area contributed by atoms with Crippen LogP contribution in [0.4, 0.5) is 25.2 Å². The molecule has 0 fully saturated rings. The molecule has 0 aliphatic heterocycles. The molecule has 0 radical (unpaired) electrons. The fourth-order valence-corrected chi connectivity index (χ4v) is 0.508. The molecule has 12 heteroatoms. The van der Waals surface area contributed by atoms with Crippen molar-refractivity contribution in [1.82, 2.24) is 5.32 Å². The second-order valence-electron chi connectivity index (χ2n) is 3.35. The van der Waals surface area contributed by atoms with Gasteiger partial charge in [-0.05, 0) is 0 Å². The first-order valence-electron chi connectivity index (χ1n) is 4.48. The Labute approximate surface area is 111 Å². The van der Waals surface area contributed by atoms with E-state index < -0.39 is 19.0 Å². The molecule has 0 saturated heterocycles. The number of ether oxygens (including phenoxy) is 1. The summed E-state index contributed by atoms with van der Waals surface area (Å²) in [5, 5.41) is 2.87. The molecule has 0 saturated carbocycles. The Morgan fingerprint density at radius 2 is 1.32 bits per heavy atom. The zero-order valence-corrected chi connectivity index (χ0v) is 13.1. The van der Waals surface area contributed by atoms with Gasteiger partial charge in [0, 0.05) is 0 Å². The fourth-order valence-electron chi connectivity index (χ4n) is 0.508. The molecular formula is C7H19F6N2O2PS. The number of hydrogen-bond donors (Lipinski definition) is 1. The van der Waals surface area contributed by atoms with Crippen LogP contribution in [0.3, 0.4) is 0 Å². The first-order chi connectivity index (χ1) is 7.90. The molecule has 0 spiro atoms. The molecule has 4 nitrogen and oxygen atoms in total. The van der Waals surface area contributed by atoms with Gasteiger partial charge in [-0.25, -0.2) is 9.89 Å². The predicted octanol–water partition coefficient (Wildman–Crippen LogP) is 2.86. The van der Waals surface area contributed by atoms with Crippen LogP contribution in [0, 0.1) is 0 Å². The van der Waals surface area contributed by atoms with E-state index in [1.807, 2.05) is 25.7 Å².